The highest BCUT2D eigenvalue weighted by Crippen LogP contribution is 2.37. The van der Waals surface area contributed by atoms with Crippen molar-refractivity contribution in [1.82, 2.24) is 24.6 Å². The van der Waals surface area contributed by atoms with Gasteiger partial charge in [0.15, 0.2) is 0 Å². The van der Waals surface area contributed by atoms with Crippen LogP contribution in [0.1, 0.15) is 49.9 Å². The topological polar surface area (TPSA) is 63.9 Å². The van der Waals surface area contributed by atoms with Crippen LogP contribution in [0.5, 0.6) is 0 Å². The fraction of sp³-hybridized carbons (Fsp3) is 0.520. The Morgan fingerprint density at radius 3 is 2.67 bits per heavy atom. The van der Waals surface area contributed by atoms with E-state index in [9.17, 15) is 13.6 Å². The number of carbonyl (C=O) groups is 1. The van der Waals surface area contributed by atoms with Crippen molar-refractivity contribution in [3.05, 3.63) is 42.0 Å². The molecule has 0 atom stereocenters. The molecule has 0 aromatic carbocycles. The number of aryl methyl sites for hydroxylation is 1. The molecule has 1 saturated heterocycles. The Balaban J connectivity index is 1.36. The van der Waals surface area contributed by atoms with Crippen molar-refractivity contribution < 1.29 is 13.6 Å². The van der Waals surface area contributed by atoms with E-state index < -0.39 is 5.92 Å². The molecule has 1 aliphatic heterocycles. The van der Waals surface area contributed by atoms with Crippen LogP contribution in [0.15, 0.2) is 30.6 Å². The Bertz CT molecular complexity index is 1160. The molecule has 33 heavy (non-hydrogen) atoms. The lowest BCUT2D eigenvalue weighted by Gasteiger charge is -2.27. The largest absolute Gasteiger partial charge is 0.299 e. The number of nitrogens with zero attached hydrogens (tertiary/aromatic N) is 5. The van der Waals surface area contributed by atoms with Crippen LogP contribution in [0, 0.1) is 5.92 Å². The Hall–Kier alpha value is -2.74. The van der Waals surface area contributed by atoms with Gasteiger partial charge in [-0.3, -0.25) is 19.4 Å². The number of pyridine rings is 2. The van der Waals surface area contributed by atoms with Crippen LogP contribution < -0.4 is 0 Å². The molecule has 0 spiro atoms. The molecule has 5 rings (SSSR count). The minimum absolute atomic E-state index is 0.00587. The lowest BCUT2D eigenvalue weighted by atomic mass is 9.83. The maximum Gasteiger partial charge on any atom is 0.248 e. The van der Waals surface area contributed by atoms with Crippen molar-refractivity contribution in [2.75, 3.05) is 13.1 Å². The van der Waals surface area contributed by atoms with E-state index in [1.807, 2.05) is 36.1 Å². The van der Waals surface area contributed by atoms with E-state index in [0.29, 0.717) is 5.69 Å². The van der Waals surface area contributed by atoms with Gasteiger partial charge in [0.25, 0.3) is 0 Å². The van der Waals surface area contributed by atoms with Crippen LogP contribution in [0.25, 0.3) is 22.2 Å². The highest BCUT2D eigenvalue weighted by atomic mass is 19.3. The van der Waals surface area contributed by atoms with Crippen molar-refractivity contribution in [1.29, 1.82) is 0 Å². The molecule has 1 aliphatic carbocycles. The maximum atomic E-state index is 13.4. The summed E-state index contributed by atoms with van der Waals surface area (Å²) in [5, 5.41) is 5.37. The molecule has 0 unspecified atom stereocenters. The van der Waals surface area contributed by atoms with E-state index in [1.165, 1.54) is 12.8 Å². The predicted octanol–water partition coefficient (Wildman–Crippen LogP) is 4.56. The van der Waals surface area contributed by atoms with E-state index in [2.05, 4.69) is 15.0 Å². The van der Waals surface area contributed by atoms with Gasteiger partial charge in [-0.25, -0.2) is 13.8 Å². The van der Waals surface area contributed by atoms with Crippen LogP contribution in [0.2, 0.25) is 0 Å². The zero-order valence-corrected chi connectivity index (χ0v) is 18.9. The average molecular weight is 454 g/mol. The molecule has 1 saturated carbocycles. The van der Waals surface area contributed by atoms with Gasteiger partial charge in [0.2, 0.25) is 5.92 Å². The highest BCUT2D eigenvalue weighted by Gasteiger charge is 2.37. The minimum Gasteiger partial charge on any atom is -0.299 e. The first-order chi connectivity index (χ1) is 15.9. The molecule has 0 amide bonds. The second-order valence-electron chi connectivity index (χ2n) is 9.45. The molecule has 2 aliphatic rings. The molecule has 0 N–H and O–H groups in total. The first-order valence-corrected chi connectivity index (χ1v) is 11.8. The molecule has 4 heterocycles. The summed E-state index contributed by atoms with van der Waals surface area (Å²) in [5.74, 6) is -2.93. The third-order valence-electron chi connectivity index (χ3n) is 7.07. The fourth-order valence-corrected chi connectivity index (χ4v) is 5.01. The van der Waals surface area contributed by atoms with E-state index in [1.54, 1.807) is 6.20 Å². The van der Waals surface area contributed by atoms with Gasteiger partial charge in [-0.05, 0) is 57.0 Å². The Kier molecular flexibility index (Phi) is 5.95. The first-order valence-electron chi connectivity index (χ1n) is 11.8. The molecule has 0 radical (unpaired) electrons. The zero-order chi connectivity index (χ0) is 23.0. The molecule has 174 valence electrons. The molecule has 3 aromatic heterocycles. The summed E-state index contributed by atoms with van der Waals surface area (Å²) >= 11 is 0. The number of ketones is 1. The third kappa shape index (κ3) is 4.81. The fourth-order valence-electron chi connectivity index (χ4n) is 5.01. The van der Waals surface area contributed by atoms with Gasteiger partial charge in [-0.2, -0.15) is 5.10 Å². The second-order valence-corrected chi connectivity index (χ2v) is 9.45. The lowest BCUT2D eigenvalue weighted by molar-refractivity contribution is -0.126. The van der Waals surface area contributed by atoms with Gasteiger partial charge in [-0.15, -0.1) is 0 Å². The summed E-state index contributed by atoms with van der Waals surface area (Å²) in [6.45, 7) is 3.07. The molecule has 6 nitrogen and oxygen atoms in total. The van der Waals surface area contributed by atoms with Crippen molar-refractivity contribution >= 4 is 16.7 Å². The number of hydrogen-bond donors (Lipinski definition) is 0. The van der Waals surface area contributed by atoms with E-state index >= 15 is 0 Å². The van der Waals surface area contributed by atoms with Gasteiger partial charge >= 0.3 is 0 Å². The minimum atomic E-state index is -2.63. The van der Waals surface area contributed by atoms with Crippen LogP contribution in [0.4, 0.5) is 8.78 Å². The number of Topliss-reactive ketones (excluding diaryl/α,β-unsaturated/α-hetero) is 1. The van der Waals surface area contributed by atoms with Gasteiger partial charge in [0.05, 0.1) is 23.1 Å². The lowest BCUT2D eigenvalue weighted by Crippen LogP contribution is -2.29. The standard InChI is InChI=1S/C25H29F2N5O/c1-31-23(16-32-10-2-3-11-32)20(15-29-31)21-5-4-18-14-28-19(12-22(18)30-21)13-24(33)17-6-8-25(26,27)9-7-17/h4-5,12,14-15,17H,2-3,6-11,13,16H2,1H3. The van der Waals surface area contributed by atoms with E-state index in [-0.39, 0.29) is 43.8 Å². The SMILES string of the molecule is Cn1ncc(-c2ccc3cnc(CC(=O)C4CCC(F)(F)CC4)cc3n2)c1CN1CCCC1. The van der Waals surface area contributed by atoms with Crippen LogP contribution in [-0.4, -0.2) is 49.4 Å². The molecular formula is C25H29F2N5O. The summed E-state index contributed by atoms with van der Waals surface area (Å²) < 4.78 is 28.8. The Labute approximate surface area is 192 Å². The third-order valence-corrected chi connectivity index (χ3v) is 7.07. The summed E-state index contributed by atoms with van der Waals surface area (Å²) in [4.78, 5) is 24.4. The number of fused-ring (bicyclic) bond motifs is 1. The molecule has 8 heteroatoms. The number of rotatable bonds is 6. The highest BCUT2D eigenvalue weighted by molar-refractivity contribution is 5.85. The summed E-state index contributed by atoms with van der Waals surface area (Å²) in [7, 11) is 1.96. The van der Waals surface area contributed by atoms with Crippen LogP contribution in [0.3, 0.4) is 0 Å². The van der Waals surface area contributed by atoms with Crippen molar-refractivity contribution in [2.24, 2.45) is 13.0 Å². The number of carbonyl (C=O) groups excluding carboxylic acids is 1. The van der Waals surface area contributed by atoms with Gasteiger partial charge in [-0.1, -0.05) is 0 Å². The van der Waals surface area contributed by atoms with Crippen LogP contribution >= 0.6 is 0 Å². The summed E-state index contributed by atoms with van der Waals surface area (Å²) in [5.41, 5.74) is 4.42. The quantitative estimate of drug-likeness (QED) is 0.547. The zero-order valence-electron chi connectivity index (χ0n) is 18.9. The van der Waals surface area contributed by atoms with E-state index in [0.717, 1.165) is 47.5 Å². The van der Waals surface area contributed by atoms with Crippen molar-refractivity contribution in [3.8, 4) is 11.3 Å². The molecule has 2 fully saturated rings. The second kappa shape index (κ2) is 8.89. The van der Waals surface area contributed by atoms with Gasteiger partial charge < -0.3 is 0 Å². The van der Waals surface area contributed by atoms with Gasteiger partial charge in [0.1, 0.15) is 5.78 Å². The molecule has 0 bridgehead atoms. The number of likely N-dealkylation sites (tertiary alicyclic amines) is 1. The average Bonchev–Trinajstić information content (AvgIpc) is 3.43. The maximum absolute atomic E-state index is 13.4. The predicted molar refractivity (Wildman–Crippen MR) is 122 cm³/mol. The molecular weight excluding hydrogens is 424 g/mol. The normalized spacial score (nSPS) is 19.4. The smallest absolute Gasteiger partial charge is 0.248 e. The Morgan fingerprint density at radius 2 is 1.91 bits per heavy atom. The number of hydrogen-bond acceptors (Lipinski definition) is 5. The Morgan fingerprint density at radius 1 is 1.15 bits per heavy atom. The van der Waals surface area contributed by atoms with Crippen molar-refractivity contribution in [2.45, 2.75) is 57.4 Å². The summed E-state index contributed by atoms with van der Waals surface area (Å²) in [6.07, 6.45) is 6.33. The number of halogens is 2. The summed E-state index contributed by atoms with van der Waals surface area (Å²) in [6, 6.07) is 5.83. The van der Waals surface area contributed by atoms with Crippen LogP contribution in [-0.2, 0) is 24.8 Å². The first kappa shape index (κ1) is 22.1. The van der Waals surface area contributed by atoms with Gasteiger partial charge in [0, 0.05) is 61.6 Å². The number of aromatic nitrogens is 4. The van der Waals surface area contributed by atoms with E-state index in [4.69, 9.17) is 4.98 Å². The number of alkyl halides is 2. The van der Waals surface area contributed by atoms with Crippen molar-refractivity contribution in [3.63, 3.8) is 0 Å². The monoisotopic (exact) mass is 453 g/mol. The molecule has 3 aromatic rings.